The number of piperidine rings is 1. The van der Waals surface area contributed by atoms with Gasteiger partial charge in [-0.25, -0.2) is 0 Å². The molecule has 7 heteroatoms. The second kappa shape index (κ2) is 7.12. The van der Waals surface area contributed by atoms with Gasteiger partial charge in [0.05, 0.1) is 4.92 Å². The molecule has 0 atom stereocenters. The first-order chi connectivity index (χ1) is 12.0. The van der Waals surface area contributed by atoms with Gasteiger partial charge < -0.3 is 10.2 Å². The Kier molecular flexibility index (Phi) is 4.74. The average molecular weight is 339 g/mol. The van der Waals surface area contributed by atoms with Crippen LogP contribution in [0.25, 0.3) is 0 Å². The summed E-state index contributed by atoms with van der Waals surface area (Å²) in [5.41, 5.74) is 1.68. The van der Waals surface area contributed by atoms with Crippen LogP contribution in [0.5, 0.6) is 0 Å². The predicted molar refractivity (Wildman–Crippen MR) is 93.7 cm³/mol. The number of benzene rings is 2. The van der Waals surface area contributed by atoms with Crippen molar-refractivity contribution in [3.8, 4) is 0 Å². The van der Waals surface area contributed by atoms with Gasteiger partial charge in [-0.05, 0) is 49.2 Å². The molecule has 1 heterocycles. The standard InChI is InChI=1S/C18H17N3O4/c22-17-3-1-2-12-20(17)15-8-4-13(5-9-15)18(23)19-14-6-10-16(11-7-14)21(24)25/h4-11H,1-3,12H2,(H,19,23). The number of nitro groups is 1. The van der Waals surface area contributed by atoms with Gasteiger partial charge in [-0.2, -0.15) is 0 Å². The first-order valence-electron chi connectivity index (χ1n) is 8.01. The molecule has 7 nitrogen and oxygen atoms in total. The van der Waals surface area contributed by atoms with Gasteiger partial charge >= 0.3 is 0 Å². The van der Waals surface area contributed by atoms with Crippen molar-refractivity contribution >= 4 is 28.9 Å². The maximum Gasteiger partial charge on any atom is 0.269 e. The number of carbonyl (C=O) groups excluding carboxylic acids is 2. The number of nitro benzene ring substituents is 1. The Hall–Kier alpha value is -3.22. The Balaban J connectivity index is 1.68. The number of rotatable bonds is 4. The van der Waals surface area contributed by atoms with Gasteiger partial charge in [0, 0.05) is 42.0 Å². The highest BCUT2D eigenvalue weighted by atomic mass is 16.6. The van der Waals surface area contributed by atoms with Crippen LogP contribution >= 0.6 is 0 Å². The van der Waals surface area contributed by atoms with Gasteiger partial charge in [0.25, 0.3) is 11.6 Å². The van der Waals surface area contributed by atoms with E-state index in [0.29, 0.717) is 24.2 Å². The van der Waals surface area contributed by atoms with Crippen LogP contribution in [0, 0.1) is 10.1 Å². The van der Waals surface area contributed by atoms with E-state index in [1.165, 1.54) is 24.3 Å². The predicted octanol–water partition coefficient (Wildman–Crippen LogP) is 3.36. The second-order valence-electron chi connectivity index (χ2n) is 5.81. The zero-order chi connectivity index (χ0) is 17.8. The summed E-state index contributed by atoms with van der Waals surface area (Å²) in [5.74, 6) is -0.209. The lowest BCUT2D eigenvalue weighted by atomic mass is 10.1. The van der Waals surface area contributed by atoms with Crippen LogP contribution in [0.4, 0.5) is 17.1 Å². The molecule has 0 bridgehead atoms. The molecule has 1 aliphatic rings. The van der Waals surface area contributed by atoms with E-state index in [4.69, 9.17) is 0 Å². The number of carbonyl (C=O) groups is 2. The zero-order valence-corrected chi connectivity index (χ0v) is 13.5. The molecule has 0 radical (unpaired) electrons. The van der Waals surface area contributed by atoms with E-state index < -0.39 is 4.92 Å². The summed E-state index contributed by atoms with van der Waals surface area (Å²) in [6, 6.07) is 12.5. The average Bonchev–Trinajstić information content (AvgIpc) is 2.63. The van der Waals surface area contributed by atoms with Gasteiger partial charge in [0.1, 0.15) is 0 Å². The Morgan fingerprint density at radius 1 is 1.04 bits per heavy atom. The minimum atomic E-state index is -0.494. The molecule has 2 amide bonds. The number of amides is 2. The maximum absolute atomic E-state index is 12.3. The summed E-state index contributed by atoms with van der Waals surface area (Å²) >= 11 is 0. The molecule has 128 valence electrons. The van der Waals surface area contributed by atoms with E-state index in [1.54, 1.807) is 29.2 Å². The Labute approximate surface area is 144 Å². The first kappa shape index (κ1) is 16.6. The number of nitrogens with zero attached hydrogens (tertiary/aromatic N) is 2. The van der Waals surface area contributed by atoms with Crippen LogP contribution in [-0.4, -0.2) is 23.3 Å². The molecule has 2 aromatic carbocycles. The molecule has 0 spiro atoms. The number of nitrogens with one attached hydrogen (secondary N) is 1. The molecule has 1 aliphatic heterocycles. The second-order valence-corrected chi connectivity index (χ2v) is 5.81. The highest BCUT2D eigenvalue weighted by Gasteiger charge is 2.19. The number of hydrogen-bond donors (Lipinski definition) is 1. The lowest BCUT2D eigenvalue weighted by Gasteiger charge is -2.26. The van der Waals surface area contributed by atoms with Crippen molar-refractivity contribution in [3.05, 3.63) is 64.2 Å². The topological polar surface area (TPSA) is 92.5 Å². The van der Waals surface area contributed by atoms with E-state index in [1.807, 2.05) is 0 Å². The molecule has 1 N–H and O–H groups in total. The summed E-state index contributed by atoms with van der Waals surface area (Å²) in [7, 11) is 0. The van der Waals surface area contributed by atoms with Crippen LogP contribution in [0.2, 0.25) is 0 Å². The van der Waals surface area contributed by atoms with E-state index in [9.17, 15) is 19.7 Å². The quantitative estimate of drug-likeness (QED) is 0.683. The molecule has 1 saturated heterocycles. The zero-order valence-electron chi connectivity index (χ0n) is 13.5. The smallest absolute Gasteiger partial charge is 0.269 e. The molecule has 0 aliphatic carbocycles. The molecule has 0 saturated carbocycles. The van der Waals surface area contributed by atoms with Crippen molar-refractivity contribution in [2.75, 3.05) is 16.8 Å². The van der Waals surface area contributed by atoms with Crippen molar-refractivity contribution in [1.29, 1.82) is 0 Å². The fourth-order valence-electron chi connectivity index (χ4n) is 2.74. The Morgan fingerprint density at radius 3 is 2.32 bits per heavy atom. The van der Waals surface area contributed by atoms with Gasteiger partial charge in [-0.15, -0.1) is 0 Å². The van der Waals surface area contributed by atoms with Crippen molar-refractivity contribution in [2.24, 2.45) is 0 Å². The third-order valence-corrected chi connectivity index (χ3v) is 4.10. The van der Waals surface area contributed by atoms with E-state index in [0.717, 1.165) is 18.5 Å². The molecule has 2 aromatic rings. The summed E-state index contributed by atoms with van der Waals surface area (Å²) in [5, 5.41) is 13.3. The molecule has 25 heavy (non-hydrogen) atoms. The van der Waals surface area contributed by atoms with Gasteiger partial charge in [-0.1, -0.05) is 0 Å². The molecule has 0 unspecified atom stereocenters. The monoisotopic (exact) mass is 339 g/mol. The van der Waals surface area contributed by atoms with Gasteiger partial charge in [-0.3, -0.25) is 19.7 Å². The van der Waals surface area contributed by atoms with Crippen LogP contribution < -0.4 is 10.2 Å². The lowest BCUT2D eigenvalue weighted by Crippen LogP contribution is -2.35. The van der Waals surface area contributed by atoms with E-state index >= 15 is 0 Å². The number of non-ortho nitro benzene ring substituents is 1. The fourth-order valence-corrected chi connectivity index (χ4v) is 2.74. The highest BCUT2D eigenvalue weighted by Crippen LogP contribution is 2.22. The van der Waals surface area contributed by atoms with Gasteiger partial charge in [0.15, 0.2) is 0 Å². The van der Waals surface area contributed by atoms with E-state index in [2.05, 4.69) is 5.32 Å². The van der Waals surface area contributed by atoms with Crippen molar-refractivity contribution < 1.29 is 14.5 Å². The van der Waals surface area contributed by atoms with Crippen molar-refractivity contribution in [2.45, 2.75) is 19.3 Å². The maximum atomic E-state index is 12.3. The fraction of sp³-hybridized carbons (Fsp3) is 0.222. The van der Waals surface area contributed by atoms with Crippen LogP contribution in [-0.2, 0) is 4.79 Å². The van der Waals surface area contributed by atoms with Crippen LogP contribution in [0.15, 0.2) is 48.5 Å². The third-order valence-electron chi connectivity index (χ3n) is 4.10. The molecular formula is C18H17N3O4. The SMILES string of the molecule is O=C(Nc1ccc([N+](=O)[O-])cc1)c1ccc(N2CCCCC2=O)cc1. The summed E-state index contributed by atoms with van der Waals surface area (Å²) in [6.07, 6.45) is 2.46. The lowest BCUT2D eigenvalue weighted by molar-refractivity contribution is -0.384. The summed E-state index contributed by atoms with van der Waals surface area (Å²) < 4.78 is 0. The van der Waals surface area contributed by atoms with Crippen LogP contribution in [0.3, 0.4) is 0 Å². The molecule has 1 fully saturated rings. The summed E-state index contributed by atoms with van der Waals surface area (Å²) in [4.78, 5) is 36.1. The first-order valence-corrected chi connectivity index (χ1v) is 8.01. The minimum absolute atomic E-state index is 0.0337. The third kappa shape index (κ3) is 3.82. The molecule has 3 rings (SSSR count). The van der Waals surface area contributed by atoms with Crippen LogP contribution in [0.1, 0.15) is 29.6 Å². The van der Waals surface area contributed by atoms with Crippen molar-refractivity contribution in [3.63, 3.8) is 0 Å². The van der Waals surface area contributed by atoms with Crippen molar-refractivity contribution in [1.82, 2.24) is 0 Å². The Bertz CT molecular complexity index is 800. The normalized spacial score (nSPS) is 14.2. The van der Waals surface area contributed by atoms with E-state index in [-0.39, 0.29) is 17.5 Å². The Morgan fingerprint density at radius 2 is 1.72 bits per heavy atom. The minimum Gasteiger partial charge on any atom is -0.322 e. The molecular weight excluding hydrogens is 322 g/mol. The summed E-state index contributed by atoms with van der Waals surface area (Å²) in [6.45, 7) is 0.702. The number of hydrogen-bond acceptors (Lipinski definition) is 4. The largest absolute Gasteiger partial charge is 0.322 e. The van der Waals surface area contributed by atoms with Gasteiger partial charge in [0.2, 0.25) is 5.91 Å². The highest BCUT2D eigenvalue weighted by molar-refractivity contribution is 6.04. The number of anilines is 2. The molecule has 0 aromatic heterocycles.